The van der Waals surface area contributed by atoms with Crippen LogP contribution in [0.25, 0.3) is 0 Å². The summed E-state index contributed by atoms with van der Waals surface area (Å²) in [5, 5.41) is 0.731. The minimum atomic E-state index is 0.0739. The van der Waals surface area contributed by atoms with Gasteiger partial charge >= 0.3 is 0 Å². The fourth-order valence-electron chi connectivity index (χ4n) is 2.46. The number of carbonyl (C=O) groups excluding carboxylic acids is 1. The molecule has 0 N–H and O–H groups in total. The molecule has 0 radical (unpaired) electrons. The van der Waals surface area contributed by atoms with Crippen LogP contribution < -0.4 is 0 Å². The van der Waals surface area contributed by atoms with Crippen LogP contribution in [0.3, 0.4) is 0 Å². The quantitative estimate of drug-likeness (QED) is 0.711. The summed E-state index contributed by atoms with van der Waals surface area (Å²) in [6, 6.07) is 7.67. The highest BCUT2D eigenvalue weighted by Gasteiger charge is 2.25. The maximum atomic E-state index is 11.1. The molecule has 1 atom stereocenters. The number of rotatable bonds is 3. The van der Waals surface area contributed by atoms with Crippen LogP contribution in [0, 0.1) is 5.92 Å². The second-order valence-corrected chi connectivity index (χ2v) is 4.69. The van der Waals surface area contributed by atoms with E-state index >= 15 is 0 Å². The molecule has 1 aromatic rings. The van der Waals surface area contributed by atoms with Gasteiger partial charge in [0.05, 0.1) is 0 Å². The van der Waals surface area contributed by atoms with Gasteiger partial charge in [-0.1, -0.05) is 36.6 Å². The molecule has 0 amide bonds. The van der Waals surface area contributed by atoms with Crippen molar-refractivity contribution in [1.82, 2.24) is 0 Å². The molecule has 0 aromatic heterocycles. The lowest BCUT2D eigenvalue weighted by Crippen LogP contribution is -2.10. The van der Waals surface area contributed by atoms with Crippen LogP contribution in [0.1, 0.15) is 37.2 Å². The Labute approximate surface area is 95.4 Å². The zero-order valence-electron chi connectivity index (χ0n) is 8.66. The van der Waals surface area contributed by atoms with E-state index in [1.54, 1.807) is 0 Å². The van der Waals surface area contributed by atoms with Crippen LogP contribution in [0.2, 0.25) is 5.02 Å². The Balaban J connectivity index is 2.18. The van der Waals surface area contributed by atoms with Gasteiger partial charge in [-0.25, -0.2) is 0 Å². The van der Waals surface area contributed by atoms with Gasteiger partial charge in [0.2, 0.25) is 0 Å². The average Bonchev–Trinajstić information content (AvgIpc) is 2.75. The molecule has 1 aromatic carbocycles. The number of hydrogen-bond donors (Lipinski definition) is 0. The van der Waals surface area contributed by atoms with Crippen molar-refractivity contribution in [3.63, 3.8) is 0 Å². The van der Waals surface area contributed by atoms with Gasteiger partial charge in [0, 0.05) is 10.9 Å². The average molecular weight is 223 g/mol. The Bertz CT molecular complexity index is 325. The lowest BCUT2D eigenvalue weighted by Gasteiger charge is -2.17. The minimum absolute atomic E-state index is 0.0739. The Morgan fingerprint density at radius 3 is 2.33 bits per heavy atom. The summed E-state index contributed by atoms with van der Waals surface area (Å²) in [7, 11) is 0. The number of benzene rings is 1. The molecule has 0 heterocycles. The highest BCUT2D eigenvalue weighted by molar-refractivity contribution is 6.30. The van der Waals surface area contributed by atoms with Crippen LogP contribution in [-0.4, -0.2) is 6.29 Å². The molecule has 1 aliphatic rings. The largest absolute Gasteiger partial charge is 0.303 e. The third kappa shape index (κ3) is 2.40. The molecule has 1 nitrogen and oxygen atoms in total. The highest BCUT2D eigenvalue weighted by atomic mass is 35.5. The molecule has 80 valence electrons. The van der Waals surface area contributed by atoms with Crippen molar-refractivity contribution in [2.24, 2.45) is 5.92 Å². The maximum absolute atomic E-state index is 11.1. The Kier molecular flexibility index (Phi) is 3.42. The lowest BCUT2D eigenvalue weighted by atomic mass is 9.86. The van der Waals surface area contributed by atoms with E-state index in [-0.39, 0.29) is 5.92 Å². The normalized spacial score (nSPS) is 19.0. The molecule has 1 unspecified atom stereocenters. The van der Waals surface area contributed by atoms with E-state index in [1.807, 2.05) is 24.3 Å². The van der Waals surface area contributed by atoms with Gasteiger partial charge in [-0.05, 0) is 36.5 Å². The van der Waals surface area contributed by atoms with Crippen molar-refractivity contribution >= 4 is 17.9 Å². The van der Waals surface area contributed by atoms with Gasteiger partial charge in [0.15, 0.2) is 0 Å². The van der Waals surface area contributed by atoms with E-state index in [0.717, 1.165) is 16.9 Å². The number of halogens is 1. The van der Waals surface area contributed by atoms with Crippen molar-refractivity contribution in [2.75, 3.05) is 0 Å². The second-order valence-electron chi connectivity index (χ2n) is 4.26. The second kappa shape index (κ2) is 4.80. The summed E-state index contributed by atoms with van der Waals surface area (Å²) in [5.41, 5.74) is 1.11. The monoisotopic (exact) mass is 222 g/mol. The predicted octanol–water partition coefficient (Wildman–Crippen LogP) is 3.81. The van der Waals surface area contributed by atoms with Crippen molar-refractivity contribution in [2.45, 2.75) is 31.6 Å². The Morgan fingerprint density at radius 1 is 1.20 bits per heavy atom. The van der Waals surface area contributed by atoms with Crippen LogP contribution in [0.15, 0.2) is 24.3 Å². The summed E-state index contributed by atoms with van der Waals surface area (Å²) in [4.78, 5) is 11.1. The smallest absolute Gasteiger partial charge is 0.127 e. The van der Waals surface area contributed by atoms with Crippen LogP contribution in [0.5, 0.6) is 0 Å². The Morgan fingerprint density at radius 2 is 1.80 bits per heavy atom. The van der Waals surface area contributed by atoms with Crippen molar-refractivity contribution in [1.29, 1.82) is 0 Å². The maximum Gasteiger partial charge on any atom is 0.127 e. The number of carbonyl (C=O) groups is 1. The molecule has 1 aliphatic carbocycles. The first kappa shape index (κ1) is 10.7. The van der Waals surface area contributed by atoms with Crippen molar-refractivity contribution < 1.29 is 4.79 Å². The topological polar surface area (TPSA) is 17.1 Å². The van der Waals surface area contributed by atoms with Gasteiger partial charge in [0.25, 0.3) is 0 Å². The lowest BCUT2D eigenvalue weighted by molar-refractivity contribution is -0.110. The van der Waals surface area contributed by atoms with Crippen molar-refractivity contribution in [3.05, 3.63) is 34.9 Å². The van der Waals surface area contributed by atoms with Gasteiger partial charge in [0.1, 0.15) is 6.29 Å². The fraction of sp³-hybridized carbons (Fsp3) is 0.462. The minimum Gasteiger partial charge on any atom is -0.303 e. The first-order chi connectivity index (χ1) is 7.31. The van der Waals surface area contributed by atoms with Crippen molar-refractivity contribution in [3.8, 4) is 0 Å². The first-order valence-electron chi connectivity index (χ1n) is 5.52. The highest BCUT2D eigenvalue weighted by Crippen LogP contribution is 2.36. The SMILES string of the molecule is O=CC(c1ccc(Cl)cc1)C1CCCC1. The summed E-state index contributed by atoms with van der Waals surface area (Å²) in [6.45, 7) is 0. The summed E-state index contributed by atoms with van der Waals surface area (Å²) < 4.78 is 0. The molecule has 1 fully saturated rings. The summed E-state index contributed by atoms with van der Waals surface area (Å²) in [5.74, 6) is 0.619. The molecule has 15 heavy (non-hydrogen) atoms. The molecule has 2 heteroatoms. The summed E-state index contributed by atoms with van der Waals surface area (Å²) in [6.07, 6.45) is 6.00. The fourth-order valence-corrected chi connectivity index (χ4v) is 2.59. The first-order valence-corrected chi connectivity index (χ1v) is 5.90. The number of aldehydes is 1. The molecule has 0 spiro atoms. The van der Waals surface area contributed by atoms with Crippen LogP contribution in [-0.2, 0) is 4.79 Å². The third-order valence-corrected chi connectivity index (χ3v) is 3.56. The molecule has 0 saturated heterocycles. The Hall–Kier alpha value is -0.820. The van der Waals surface area contributed by atoms with E-state index in [2.05, 4.69) is 0 Å². The molecule has 1 saturated carbocycles. The van der Waals surface area contributed by atoms with E-state index in [4.69, 9.17) is 11.6 Å². The van der Waals surface area contributed by atoms with E-state index in [1.165, 1.54) is 25.7 Å². The zero-order chi connectivity index (χ0) is 10.7. The van der Waals surface area contributed by atoms with Crippen LogP contribution in [0.4, 0.5) is 0 Å². The van der Waals surface area contributed by atoms with Gasteiger partial charge < -0.3 is 4.79 Å². The van der Waals surface area contributed by atoms with Gasteiger partial charge in [-0.2, -0.15) is 0 Å². The van der Waals surface area contributed by atoms with Gasteiger partial charge in [-0.3, -0.25) is 0 Å². The van der Waals surface area contributed by atoms with E-state index < -0.39 is 0 Å². The predicted molar refractivity (Wildman–Crippen MR) is 62.2 cm³/mol. The molecular formula is C13H15ClO. The molecule has 0 bridgehead atoms. The molecule has 0 aliphatic heterocycles. The third-order valence-electron chi connectivity index (χ3n) is 3.31. The van der Waals surface area contributed by atoms with E-state index in [9.17, 15) is 4.79 Å². The molecular weight excluding hydrogens is 208 g/mol. The molecule has 2 rings (SSSR count). The standard InChI is InChI=1S/C13H15ClO/c14-12-7-5-11(6-8-12)13(9-15)10-3-1-2-4-10/h5-10,13H,1-4H2. The van der Waals surface area contributed by atoms with Gasteiger partial charge in [-0.15, -0.1) is 0 Å². The van der Waals surface area contributed by atoms with E-state index in [0.29, 0.717) is 5.92 Å². The summed E-state index contributed by atoms with van der Waals surface area (Å²) >= 11 is 5.83. The van der Waals surface area contributed by atoms with Crippen LogP contribution >= 0.6 is 11.6 Å². The zero-order valence-corrected chi connectivity index (χ0v) is 9.41. The number of hydrogen-bond acceptors (Lipinski definition) is 1.